The summed E-state index contributed by atoms with van der Waals surface area (Å²) >= 11 is 0. The third-order valence-corrected chi connectivity index (χ3v) is 5.90. The van der Waals surface area contributed by atoms with E-state index in [0.717, 1.165) is 17.7 Å². The molecule has 1 spiro atoms. The number of aliphatic hydroxyl groups is 1. The molecule has 3 heterocycles. The van der Waals surface area contributed by atoms with Gasteiger partial charge in [-0.25, -0.2) is 0 Å². The van der Waals surface area contributed by atoms with Gasteiger partial charge in [-0.2, -0.15) is 0 Å². The fourth-order valence-electron chi connectivity index (χ4n) is 4.50. The van der Waals surface area contributed by atoms with E-state index in [0.29, 0.717) is 45.7 Å². The summed E-state index contributed by atoms with van der Waals surface area (Å²) in [7, 11) is 0. The zero-order valence-corrected chi connectivity index (χ0v) is 14.3. The molecule has 0 radical (unpaired) electrons. The minimum Gasteiger partial charge on any atom is -0.395 e. The number of carbonyl (C=O) groups is 2. The topological polar surface area (TPSA) is 70.1 Å². The maximum absolute atomic E-state index is 13.2. The number of amides is 2. The van der Waals surface area contributed by atoms with Crippen LogP contribution in [0, 0.1) is 5.92 Å². The molecule has 3 aliphatic rings. The first kappa shape index (κ1) is 16.5. The lowest BCUT2D eigenvalue weighted by Crippen LogP contribution is -2.51. The van der Waals surface area contributed by atoms with Crippen LogP contribution in [0.2, 0.25) is 0 Å². The van der Waals surface area contributed by atoms with Gasteiger partial charge in [-0.3, -0.25) is 9.59 Å². The molecule has 134 valence electrons. The van der Waals surface area contributed by atoms with Crippen LogP contribution < -0.4 is 4.90 Å². The van der Waals surface area contributed by atoms with Crippen molar-refractivity contribution in [3.05, 3.63) is 29.8 Å². The third-order valence-electron chi connectivity index (χ3n) is 5.90. The lowest BCUT2D eigenvalue weighted by Gasteiger charge is -2.39. The predicted molar refractivity (Wildman–Crippen MR) is 92.3 cm³/mol. The van der Waals surface area contributed by atoms with E-state index in [1.165, 1.54) is 0 Å². The summed E-state index contributed by atoms with van der Waals surface area (Å²) in [4.78, 5) is 29.4. The number of benzene rings is 1. The number of likely N-dealkylation sites (tertiary alicyclic amines) is 1. The average Bonchev–Trinajstić information content (AvgIpc) is 3.26. The van der Waals surface area contributed by atoms with Gasteiger partial charge in [-0.05, 0) is 30.9 Å². The Morgan fingerprint density at radius 3 is 2.72 bits per heavy atom. The van der Waals surface area contributed by atoms with Crippen molar-refractivity contribution in [1.29, 1.82) is 0 Å². The van der Waals surface area contributed by atoms with E-state index in [4.69, 9.17) is 4.74 Å². The standard InChI is InChI=1S/C19H24N2O4/c22-11-10-21-16-4-2-1-3-15(16)19(18(21)24)6-8-20(9-7-19)17(23)14-5-12-25-13-14/h1-4,14,22H,5-13H2. The summed E-state index contributed by atoms with van der Waals surface area (Å²) in [6.07, 6.45) is 2.08. The maximum Gasteiger partial charge on any atom is 0.237 e. The van der Waals surface area contributed by atoms with Crippen LogP contribution in [0.15, 0.2) is 24.3 Å². The smallest absolute Gasteiger partial charge is 0.237 e. The molecule has 2 saturated heterocycles. The van der Waals surface area contributed by atoms with E-state index in [1.807, 2.05) is 29.2 Å². The molecular weight excluding hydrogens is 320 g/mol. The fourth-order valence-corrected chi connectivity index (χ4v) is 4.50. The molecule has 1 atom stereocenters. The Morgan fingerprint density at radius 2 is 2.04 bits per heavy atom. The molecule has 0 bridgehead atoms. The highest BCUT2D eigenvalue weighted by Crippen LogP contribution is 2.47. The number of para-hydroxylation sites is 1. The molecule has 1 N–H and O–H groups in total. The van der Waals surface area contributed by atoms with Gasteiger partial charge in [0.25, 0.3) is 0 Å². The van der Waals surface area contributed by atoms with Crippen LogP contribution in [0.4, 0.5) is 5.69 Å². The first-order valence-corrected chi connectivity index (χ1v) is 9.06. The van der Waals surface area contributed by atoms with Gasteiger partial charge in [0.05, 0.1) is 24.5 Å². The molecule has 6 nitrogen and oxygen atoms in total. The SMILES string of the molecule is O=C(C1CCOC1)N1CCC2(CC1)C(=O)N(CCO)c1ccccc12. The van der Waals surface area contributed by atoms with Crippen LogP contribution in [-0.2, 0) is 19.7 Å². The van der Waals surface area contributed by atoms with Crippen molar-refractivity contribution >= 4 is 17.5 Å². The molecule has 4 rings (SSSR count). The van der Waals surface area contributed by atoms with E-state index in [9.17, 15) is 14.7 Å². The Kier molecular flexibility index (Phi) is 4.25. The quantitative estimate of drug-likeness (QED) is 0.885. The van der Waals surface area contributed by atoms with E-state index in [1.54, 1.807) is 4.90 Å². The van der Waals surface area contributed by atoms with Crippen LogP contribution in [0.25, 0.3) is 0 Å². The third kappa shape index (κ3) is 2.55. The second-order valence-corrected chi connectivity index (χ2v) is 7.17. The largest absolute Gasteiger partial charge is 0.395 e. The average molecular weight is 344 g/mol. The molecule has 6 heteroatoms. The molecule has 1 unspecified atom stereocenters. The Labute approximate surface area is 147 Å². The van der Waals surface area contributed by atoms with Gasteiger partial charge in [0.15, 0.2) is 0 Å². The number of aliphatic hydroxyl groups excluding tert-OH is 1. The number of fused-ring (bicyclic) bond motifs is 2. The van der Waals surface area contributed by atoms with Gasteiger partial charge < -0.3 is 19.6 Å². The van der Waals surface area contributed by atoms with Crippen molar-refractivity contribution in [3.63, 3.8) is 0 Å². The number of rotatable bonds is 3. The second kappa shape index (κ2) is 6.42. The van der Waals surface area contributed by atoms with Crippen molar-refractivity contribution < 1.29 is 19.4 Å². The molecule has 0 aliphatic carbocycles. The monoisotopic (exact) mass is 344 g/mol. The van der Waals surface area contributed by atoms with Gasteiger partial charge in [-0.1, -0.05) is 18.2 Å². The van der Waals surface area contributed by atoms with Crippen molar-refractivity contribution in [1.82, 2.24) is 4.90 Å². The van der Waals surface area contributed by atoms with Crippen molar-refractivity contribution in [2.24, 2.45) is 5.92 Å². The number of hydrogen-bond donors (Lipinski definition) is 1. The van der Waals surface area contributed by atoms with Crippen molar-refractivity contribution in [2.75, 3.05) is 44.4 Å². The molecule has 1 aromatic carbocycles. The zero-order valence-electron chi connectivity index (χ0n) is 14.3. The second-order valence-electron chi connectivity index (χ2n) is 7.17. The van der Waals surface area contributed by atoms with Gasteiger partial charge >= 0.3 is 0 Å². The molecule has 2 fully saturated rings. The fraction of sp³-hybridized carbons (Fsp3) is 0.579. The number of ether oxygens (including phenoxy) is 1. The van der Waals surface area contributed by atoms with Crippen LogP contribution in [-0.4, -0.2) is 61.3 Å². The van der Waals surface area contributed by atoms with Crippen molar-refractivity contribution in [2.45, 2.75) is 24.7 Å². The Hall–Kier alpha value is -1.92. The molecule has 0 aromatic heterocycles. The van der Waals surface area contributed by atoms with Crippen LogP contribution in [0.3, 0.4) is 0 Å². The van der Waals surface area contributed by atoms with Crippen LogP contribution in [0.5, 0.6) is 0 Å². The molecule has 0 saturated carbocycles. The first-order valence-electron chi connectivity index (χ1n) is 9.06. The van der Waals surface area contributed by atoms with Gasteiger partial charge in [-0.15, -0.1) is 0 Å². The summed E-state index contributed by atoms with van der Waals surface area (Å²) in [6, 6.07) is 7.86. The van der Waals surface area contributed by atoms with Gasteiger partial charge in [0.1, 0.15) is 0 Å². The predicted octanol–water partition coefficient (Wildman–Crippen LogP) is 0.922. The Bertz CT molecular complexity index is 676. The number of hydrogen-bond acceptors (Lipinski definition) is 4. The molecule has 25 heavy (non-hydrogen) atoms. The van der Waals surface area contributed by atoms with Crippen molar-refractivity contribution in [3.8, 4) is 0 Å². The Balaban J connectivity index is 1.55. The van der Waals surface area contributed by atoms with E-state index >= 15 is 0 Å². The number of piperidine rings is 1. The lowest BCUT2D eigenvalue weighted by molar-refractivity contribution is -0.139. The van der Waals surface area contributed by atoms with E-state index < -0.39 is 5.41 Å². The first-order chi connectivity index (χ1) is 12.2. The lowest BCUT2D eigenvalue weighted by atomic mass is 9.73. The molecular formula is C19H24N2O4. The number of carbonyl (C=O) groups excluding carboxylic acids is 2. The minimum atomic E-state index is -0.547. The zero-order chi connectivity index (χ0) is 17.4. The molecule has 1 aromatic rings. The summed E-state index contributed by atoms with van der Waals surface area (Å²) < 4.78 is 5.33. The highest BCUT2D eigenvalue weighted by atomic mass is 16.5. The number of β-amino-alcohol motifs (C(OH)–C–C–N with tert-alkyl or cyclic N) is 1. The normalized spacial score (nSPS) is 24.8. The highest BCUT2D eigenvalue weighted by molar-refractivity contribution is 6.08. The highest BCUT2D eigenvalue weighted by Gasteiger charge is 2.52. The Morgan fingerprint density at radius 1 is 1.28 bits per heavy atom. The summed E-state index contributed by atoms with van der Waals surface area (Å²) in [5, 5.41) is 9.33. The van der Waals surface area contributed by atoms with Gasteiger partial charge in [0.2, 0.25) is 11.8 Å². The summed E-state index contributed by atoms with van der Waals surface area (Å²) in [6.45, 7) is 2.65. The van der Waals surface area contributed by atoms with Crippen LogP contribution >= 0.6 is 0 Å². The summed E-state index contributed by atoms with van der Waals surface area (Å²) in [5.41, 5.74) is 1.41. The minimum absolute atomic E-state index is 0.0218. The summed E-state index contributed by atoms with van der Waals surface area (Å²) in [5.74, 6) is 0.212. The molecule has 3 aliphatic heterocycles. The number of nitrogens with zero attached hydrogens (tertiary/aromatic N) is 2. The maximum atomic E-state index is 13.2. The van der Waals surface area contributed by atoms with E-state index in [-0.39, 0.29) is 24.3 Å². The van der Waals surface area contributed by atoms with E-state index in [2.05, 4.69) is 0 Å². The van der Waals surface area contributed by atoms with Gasteiger partial charge in [0, 0.05) is 31.9 Å². The van der Waals surface area contributed by atoms with Crippen LogP contribution in [0.1, 0.15) is 24.8 Å². The molecule has 2 amide bonds. The number of anilines is 1.